The van der Waals surface area contributed by atoms with Gasteiger partial charge in [-0.05, 0) is 34.4 Å². The maximum absolute atomic E-state index is 12.4. The van der Waals surface area contributed by atoms with Gasteiger partial charge >= 0.3 is 0 Å². The average Bonchev–Trinajstić information content (AvgIpc) is 2.38. The second-order valence-electron chi connectivity index (χ2n) is 2.23. The first-order chi connectivity index (χ1) is 5.66. The Kier molecular flexibility index (Phi) is 3.61. The Bertz CT molecular complexity index is 251. The zero-order chi connectivity index (χ0) is 9.14. The molecule has 68 valence electrons. The van der Waals surface area contributed by atoms with Gasteiger partial charge in [0.1, 0.15) is 6.04 Å². The first-order valence-electron chi connectivity index (χ1n) is 3.35. The number of thiophene rings is 1. The normalized spacial score (nSPS) is 13.8. The number of hydrogen-bond acceptors (Lipinski definition) is 2. The van der Waals surface area contributed by atoms with Crippen LogP contribution in [-0.2, 0) is 0 Å². The summed E-state index contributed by atoms with van der Waals surface area (Å²) < 4.78 is 25.5. The van der Waals surface area contributed by atoms with E-state index in [1.54, 1.807) is 11.4 Å². The van der Waals surface area contributed by atoms with E-state index in [1.807, 2.05) is 0 Å². The van der Waals surface area contributed by atoms with Crippen LogP contribution < -0.4 is 5.32 Å². The van der Waals surface area contributed by atoms with Crippen molar-refractivity contribution in [1.29, 1.82) is 0 Å². The van der Waals surface area contributed by atoms with Crippen molar-refractivity contribution >= 4 is 27.3 Å². The molecule has 0 saturated heterocycles. The molecule has 1 aromatic rings. The predicted molar refractivity (Wildman–Crippen MR) is 49.8 cm³/mol. The summed E-state index contributed by atoms with van der Waals surface area (Å²) in [5.74, 6) is 0. The van der Waals surface area contributed by atoms with Crippen LogP contribution >= 0.6 is 27.3 Å². The van der Waals surface area contributed by atoms with Crippen molar-refractivity contribution in [3.8, 4) is 0 Å². The van der Waals surface area contributed by atoms with E-state index in [0.29, 0.717) is 4.88 Å². The SMILES string of the molecule is CNC(c1sccc1Br)C(F)F. The standard InChI is InChI=1S/C7H8BrF2NS/c1-11-5(7(9)10)6-4(8)2-3-12-6/h2-3,5,7,11H,1H3. The fourth-order valence-corrected chi connectivity index (χ4v) is 2.63. The van der Waals surface area contributed by atoms with Gasteiger partial charge < -0.3 is 5.32 Å². The van der Waals surface area contributed by atoms with Gasteiger partial charge in [0.05, 0.1) is 0 Å². The Morgan fingerprint density at radius 3 is 2.58 bits per heavy atom. The van der Waals surface area contributed by atoms with Crippen molar-refractivity contribution in [3.05, 3.63) is 20.8 Å². The molecule has 0 aromatic carbocycles. The molecule has 1 heterocycles. The predicted octanol–water partition coefficient (Wildman–Crippen LogP) is 3.04. The average molecular weight is 256 g/mol. The Morgan fingerprint density at radius 2 is 2.25 bits per heavy atom. The van der Waals surface area contributed by atoms with Crippen LogP contribution in [0.1, 0.15) is 10.9 Å². The highest BCUT2D eigenvalue weighted by Gasteiger charge is 2.23. The Balaban J connectivity index is 2.87. The molecule has 1 N–H and O–H groups in total. The zero-order valence-corrected chi connectivity index (χ0v) is 8.75. The minimum absolute atomic E-state index is 0.646. The van der Waals surface area contributed by atoms with E-state index in [4.69, 9.17) is 0 Å². The largest absolute Gasteiger partial charge is 0.308 e. The van der Waals surface area contributed by atoms with Gasteiger partial charge in [-0.25, -0.2) is 8.78 Å². The molecule has 0 aliphatic heterocycles. The molecule has 1 rings (SSSR count). The minimum Gasteiger partial charge on any atom is -0.308 e. The summed E-state index contributed by atoms with van der Waals surface area (Å²) in [7, 11) is 1.53. The van der Waals surface area contributed by atoms with E-state index in [0.717, 1.165) is 4.47 Å². The van der Waals surface area contributed by atoms with Crippen LogP contribution in [0.15, 0.2) is 15.9 Å². The third kappa shape index (κ3) is 2.02. The molecule has 0 radical (unpaired) electrons. The smallest absolute Gasteiger partial charge is 0.258 e. The molecule has 1 unspecified atom stereocenters. The summed E-state index contributed by atoms with van der Waals surface area (Å²) in [6.45, 7) is 0. The molecule has 5 heteroatoms. The topological polar surface area (TPSA) is 12.0 Å². The highest BCUT2D eigenvalue weighted by atomic mass is 79.9. The van der Waals surface area contributed by atoms with Gasteiger partial charge in [-0.15, -0.1) is 11.3 Å². The van der Waals surface area contributed by atoms with Crippen molar-refractivity contribution in [3.63, 3.8) is 0 Å². The Labute approximate surface area is 81.9 Å². The van der Waals surface area contributed by atoms with Gasteiger partial charge in [-0.3, -0.25) is 0 Å². The van der Waals surface area contributed by atoms with Gasteiger partial charge in [-0.2, -0.15) is 0 Å². The number of nitrogens with one attached hydrogen (secondary N) is 1. The van der Waals surface area contributed by atoms with Gasteiger partial charge in [-0.1, -0.05) is 0 Å². The summed E-state index contributed by atoms with van der Waals surface area (Å²) in [6, 6.07) is 0.909. The van der Waals surface area contributed by atoms with E-state index in [-0.39, 0.29) is 0 Å². The lowest BCUT2D eigenvalue weighted by Crippen LogP contribution is -2.22. The second-order valence-corrected chi connectivity index (χ2v) is 4.04. The summed E-state index contributed by atoms with van der Waals surface area (Å²) in [5, 5.41) is 4.36. The van der Waals surface area contributed by atoms with Gasteiger partial charge in [0.25, 0.3) is 6.43 Å². The monoisotopic (exact) mass is 255 g/mol. The number of halogens is 3. The fraction of sp³-hybridized carbons (Fsp3) is 0.429. The van der Waals surface area contributed by atoms with Crippen LogP contribution in [0.3, 0.4) is 0 Å². The van der Waals surface area contributed by atoms with Crippen LogP contribution in [0.2, 0.25) is 0 Å². The molecule has 0 saturated carbocycles. The molecule has 1 atom stereocenters. The molecule has 0 fully saturated rings. The first-order valence-corrected chi connectivity index (χ1v) is 5.02. The lowest BCUT2D eigenvalue weighted by molar-refractivity contribution is 0.103. The van der Waals surface area contributed by atoms with Crippen molar-refractivity contribution in [1.82, 2.24) is 5.32 Å². The maximum atomic E-state index is 12.4. The summed E-state index contributed by atoms with van der Waals surface area (Å²) >= 11 is 4.53. The third-order valence-corrected chi connectivity index (χ3v) is 3.44. The van der Waals surface area contributed by atoms with Crippen molar-refractivity contribution < 1.29 is 8.78 Å². The number of rotatable bonds is 3. The molecular formula is C7H8BrF2NS. The van der Waals surface area contributed by atoms with E-state index < -0.39 is 12.5 Å². The molecule has 0 amide bonds. The zero-order valence-electron chi connectivity index (χ0n) is 6.35. The van der Waals surface area contributed by atoms with Crippen molar-refractivity contribution in [2.45, 2.75) is 12.5 Å². The summed E-state index contributed by atoms with van der Waals surface area (Å²) in [4.78, 5) is 0.646. The highest BCUT2D eigenvalue weighted by Crippen LogP contribution is 2.31. The molecule has 0 aliphatic carbocycles. The third-order valence-electron chi connectivity index (χ3n) is 1.49. The Morgan fingerprint density at radius 1 is 1.58 bits per heavy atom. The lowest BCUT2D eigenvalue weighted by Gasteiger charge is -2.13. The fourth-order valence-electron chi connectivity index (χ4n) is 0.899. The highest BCUT2D eigenvalue weighted by molar-refractivity contribution is 9.10. The van der Waals surface area contributed by atoms with Crippen LogP contribution in [0, 0.1) is 0 Å². The van der Waals surface area contributed by atoms with E-state index in [9.17, 15) is 8.78 Å². The molecule has 0 bridgehead atoms. The molecular weight excluding hydrogens is 248 g/mol. The van der Waals surface area contributed by atoms with E-state index in [2.05, 4.69) is 21.2 Å². The van der Waals surface area contributed by atoms with Crippen molar-refractivity contribution in [2.75, 3.05) is 7.05 Å². The molecule has 1 nitrogen and oxygen atoms in total. The summed E-state index contributed by atoms with van der Waals surface area (Å²) in [5.41, 5.74) is 0. The Hall–Kier alpha value is -0.0000000000000000555. The van der Waals surface area contributed by atoms with Gasteiger partial charge in [0.2, 0.25) is 0 Å². The molecule has 1 aromatic heterocycles. The van der Waals surface area contributed by atoms with Gasteiger partial charge in [0, 0.05) is 9.35 Å². The molecule has 12 heavy (non-hydrogen) atoms. The molecule has 0 spiro atoms. The van der Waals surface area contributed by atoms with Crippen LogP contribution in [0.25, 0.3) is 0 Å². The summed E-state index contributed by atoms with van der Waals surface area (Å²) in [6.07, 6.45) is -2.37. The lowest BCUT2D eigenvalue weighted by atomic mass is 10.2. The van der Waals surface area contributed by atoms with E-state index >= 15 is 0 Å². The van der Waals surface area contributed by atoms with Crippen LogP contribution in [0.4, 0.5) is 8.78 Å². The second kappa shape index (κ2) is 4.30. The van der Waals surface area contributed by atoms with E-state index in [1.165, 1.54) is 18.4 Å². The van der Waals surface area contributed by atoms with Crippen LogP contribution in [-0.4, -0.2) is 13.5 Å². The minimum atomic E-state index is -2.37. The molecule has 0 aliphatic rings. The number of alkyl halides is 2. The van der Waals surface area contributed by atoms with Crippen molar-refractivity contribution in [2.24, 2.45) is 0 Å². The van der Waals surface area contributed by atoms with Gasteiger partial charge in [0.15, 0.2) is 0 Å². The maximum Gasteiger partial charge on any atom is 0.258 e. The first kappa shape index (κ1) is 10.1. The number of hydrogen-bond donors (Lipinski definition) is 1. The van der Waals surface area contributed by atoms with Crippen LogP contribution in [0.5, 0.6) is 0 Å². The quantitative estimate of drug-likeness (QED) is 0.876.